The van der Waals surface area contributed by atoms with E-state index in [4.69, 9.17) is 0 Å². The maximum Gasteiger partial charge on any atom is 0.242 e. The van der Waals surface area contributed by atoms with Gasteiger partial charge in [0, 0.05) is 37.8 Å². The van der Waals surface area contributed by atoms with E-state index in [2.05, 4.69) is 53.4 Å². The fraction of sp³-hybridized carbons (Fsp3) is 0.500. The van der Waals surface area contributed by atoms with Crippen molar-refractivity contribution in [3.8, 4) is 0 Å². The molecule has 1 atom stereocenters. The number of fused-ring (bicyclic) bond motifs is 1. The van der Waals surface area contributed by atoms with Crippen molar-refractivity contribution in [2.75, 3.05) is 29.4 Å². The molecule has 0 spiro atoms. The van der Waals surface area contributed by atoms with Gasteiger partial charge in [0.1, 0.15) is 11.9 Å². The summed E-state index contributed by atoms with van der Waals surface area (Å²) in [6, 6.07) is 9.76. The van der Waals surface area contributed by atoms with Crippen LogP contribution in [0.15, 0.2) is 30.3 Å². The van der Waals surface area contributed by atoms with E-state index in [0.29, 0.717) is 25.3 Å². The van der Waals surface area contributed by atoms with Gasteiger partial charge in [0.15, 0.2) is 0 Å². The third-order valence-corrected chi connectivity index (χ3v) is 5.35. The second-order valence-corrected chi connectivity index (χ2v) is 7.62. The topological polar surface area (TPSA) is 70.5 Å². The molecule has 0 aliphatic carbocycles. The third-order valence-electron chi connectivity index (χ3n) is 5.35. The van der Waals surface area contributed by atoms with Gasteiger partial charge in [-0.2, -0.15) is 5.10 Å². The van der Waals surface area contributed by atoms with Crippen molar-refractivity contribution >= 4 is 23.3 Å². The normalized spacial score (nSPS) is 14.5. The van der Waals surface area contributed by atoms with E-state index in [1.54, 1.807) is 11.8 Å². The highest BCUT2D eigenvalue weighted by atomic mass is 16.2. The number of benzene rings is 1. The Morgan fingerprint density at radius 2 is 2.10 bits per heavy atom. The lowest BCUT2D eigenvalue weighted by Gasteiger charge is -2.32. The molecule has 0 fully saturated rings. The Morgan fingerprint density at radius 3 is 2.83 bits per heavy atom. The van der Waals surface area contributed by atoms with Gasteiger partial charge in [-0.15, -0.1) is 0 Å². The van der Waals surface area contributed by atoms with Crippen molar-refractivity contribution in [1.82, 2.24) is 15.1 Å². The van der Waals surface area contributed by atoms with Crippen molar-refractivity contribution in [3.63, 3.8) is 0 Å². The molecule has 0 unspecified atom stereocenters. The van der Waals surface area contributed by atoms with Crippen LogP contribution < -0.4 is 15.1 Å². The quantitative estimate of drug-likeness (QED) is 0.695. The van der Waals surface area contributed by atoms with Gasteiger partial charge in [0.2, 0.25) is 11.8 Å². The van der Waals surface area contributed by atoms with Crippen LogP contribution in [0.5, 0.6) is 0 Å². The molecule has 7 heteroatoms. The molecule has 2 aromatic rings. The summed E-state index contributed by atoms with van der Waals surface area (Å²) in [5.41, 5.74) is 3.29. The van der Waals surface area contributed by atoms with E-state index >= 15 is 0 Å². The highest BCUT2D eigenvalue weighted by Gasteiger charge is 2.32. The van der Waals surface area contributed by atoms with Crippen LogP contribution in [0.2, 0.25) is 0 Å². The Balaban J connectivity index is 1.53. The molecule has 29 heavy (non-hydrogen) atoms. The van der Waals surface area contributed by atoms with Gasteiger partial charge in [-0.25, -0.2) is 4.68 Å². The molecule has 1 aliphatic heterocycles. The van der Waals surface area contributed by atoms with Crippen molar-refractivity contribution in [2.24, 2.45) is 0 Å². The zero-order valence-corrected chi connectivity index (χ0v) is 17.8. The monoisotopic (exact) mass is 397 g/mol. The van der Waals surface area contributed by atoms with Crippen LogP contribution in [0, 0.1) is 13.8 Å². The molecule has 0 bridgehead atoms. The predicted octanol–water partition coefficient (Wildman–Crippen LogP) is 2.66. The Hall–Kier alpha value is -2.83. The van der Waals surface area contributed by atoms with Gasteiger partial charge < -0.3 is 10.2 Å². The van der Waals surface area contributed by atoms with Crippen molar-refractivity contribution < 1.29 is 9.59 Å². The van der Waals surface area contributed by atoms with Gasteiger partial charge in [-0.05, 0) is 51.8 Å². The first kappa shape index (κ1) is 20.9. The Bertz CT molecular complexity index is 876. The number of nitrogens with zero attached hydrogens (tertiary/aromatic N) is 4. The number of nitrogens with one attached hydrogen (secondary N) is 1. The molecule has 0 saturated carbocycles. The molecule has 0 saturated heterocycles. The zero-order valence-electron chi connectivity index (χ0n) is 17.8. The van der Waals surface area contributed by atoms with Crippen LogP contribution in [0.1, 0.15) is 37.9 Å². The first-order valence-corrected chi connectivity index (χ1v) is 10.4. The van der Waals surface area contributed by atoms with E-state index in [-0.39, 0.29) is 11.8 Å². The molecular formula is C22H31N5O2. The SMILES string of the molecule is CCN(CCCNC(=O)[C@H](C)N1C(=O)CCn2nc(C)cc21)c1cccc(C)c1. The van der Waals surface area contributed by atoms with Crippen LogP contribution in [0.25, 0.3) is 0 Å². The summed E-state index contributed by atoms with van der Waals surface area (Å²) in [6.45, 7) is 10.8. The van der Waals surface area contributed by atoms with Gasteiger partial charge >= 0.3 is 0 Å². The summed E-state index contributed by atoms with van der Waals surface area (Å²) in [6.07, 6.45) is 1.21. The molecule has 2 heterocycles. The van der Waals surface area contributed by atoms with Crippen molar-refractivity contribution in [2.45, 2.75) is 53.1 Å². The molecule has 156 valence electrons. The maximum absolute atomic E-state index is 12.7. The standard InChI is InChI=1S/C22H31N5O2/c1-5-25(19-9-6-8-16(2)14-19)12-7-11-23-22(29)18(4)27-20-15-17(3)24-26(20)13-10-21(27)28/h6,8-9,14-15,18H,5,7,10-13H2,1-4H3,(H,23,29)/t18-/m0/s1. The predicted molar refractivity (Wildman–Crippen MR) is 115 cm³/mol. The Kier molecular flexibility index (Phi) is 6.56. The van der Waals surface area contributed by atoms with Crippen LogP contribution in [-0.2, 0) is 16.1 Å². The average Bonchev–Trinajstić information content (AvgIpc) is 3.07. The molecule has 1 aliphatic rings. The molecule has 2 amide bonds. The van der Waals surface area contributed by atoms with Crippen molar-refractivity contribution in [3.05, 3.63) is 41.6 Å². The van der Waals surface area contributed by atoms with E-state index in [0.717, 1.165) is 25.2 Å². The Labute approximate surface area is 172 Å². The maximum atomic E-state index is 12.7. The fourth-order valence-corrected chi connectivity index (χ4v) is 3.80. The summed E-state index contributed by atoms with van der Waals surface area (Å²) in [7, 11) is 0. The van der Waals surface area contributed by atoms with Crippen LogP contribution >= 0.6 is 0 Å². The van der Waals surface area contributed by atoms with Crippen LogP contribution in [-0.4, -0.2) is 47.3 Å². The fourth-order valence-electron chi connectivity index (χ4n) is 3.80. The number of aryl methyl sites for hydroxylation is 3. The van der Waals surface area contributed by atoms with Crippen molar-refractivity contribution in [1.29, 1.82) is 0 Å². The number of carbonyl (C=O) groups is 2. The first-order valence-electron chi connectivity index (χ1n) is 10.4. The highest BCUT2D eigenvalue weighted by molar-refractivity contribution is 6.00. The zero-order chi connectivity index (χ0) is 21.0. The van der Waals surface area contributed by atoms with Crippen LogP contribution in [0.3, 0.4) is 0 Å². The van der Waals surface area contributed by atoms with Gasteiger partial charge in [0.05, 0.1) is 12.2 Å². The molecule has 1 aromatic heterocycles. The summed E-state index contributed by atoms with van der Waals surface area (Å²) < 4.78 is 1.81. The minimum Gasteiger partial charge on any atom is -0.372 e. The number of aromatic nitrogens is 2. The smallest absolute Gasteiger partial charge is 0.242 e. The third kappa shape index (κ3) is 4.78. The number of hydrogen-bond donors (Lipinski definition) is 1. The first-order chi connectivity index (χ1) is 13.9. The molecule has 3 rings (SSSR count). The van der Waals surface area contributed by atoms with Gasteiger partial charge in [0.25, 0.3) is 0 Å². The number of hydrogen-bond acceptors (Lipinski definition) is 4. The van der Waals surface area contributed by atoms with Gasteiger partial charge in [-0.1, -0.05) is 12.1 Å². The summed E-state index contributed by atoms with van der Waals surface area (Å²) in [5, 5.41) is 7.39. The second kappa shape index (κ2) is 9.11. The number of amides is 2. The lowest BCUT2D eigenvalue weighted by molar-refractivity contribution is -0.126. The minimum atomic E-state index is -0.559. The summed E-state index contributed by atoms with van der Waals surface area (Å²) in [5.74, 6) is 0.541. The lowest BCUT2D eigenvalue weighted by Crippen LogP contribution is -2.51. The summed E-state index contributed by atoms with van der Waals surface area (Å²) in [4.78, 5) is 29.0. The number of rotatable bonds is 8. The number of anilines is 2. The highest BCUT2D eigenvalue weighted by Crippen LogP contribution is 2.24. The van der Waals surface area contributed by atoms with E-state index in [9.17, 15) is 9.59 Å². The molecule has 1 N–H and O–H groups in total. The second-order valence-electron chi connectivity index (χ2n) is 7.62. The molecule has 0 radical (unpaired) electrons. The lowest BCUT2D eigenvalue weighted by atomic mass is 10.2. The summed E-state index contributed by atoms with van der Waals surface area (Å²) >= 11 is 0. The average molecular weight is 398 g/mol. The van der Waals surface area contributed by atoms with Crippen LogP contribution in [0.4, 0.5) is 11.5 Å². The molecule has 7 nitrogen and oxygen atoms in total. The largest absolute Gasteiger partial charge is 0.372 e. The number of carbonyl (C=O) groups excluding carboxylic acids is 2. The van der Waals surface area contributed by atoms with Gasteiger partial charge in [-0.3, -0.25) is 14.5 Å². The molecular weight excluding hydrogens is 366 g/mol. The van der Waals surface area contributed by atoms with E-state index in [1.165, 1.54) is 11.3 Å². The molecule has 1 aromatic carbocycles. The Morgan fingerprint density at radius 1 is 1.31 bits per heavy atom. The van der Waals surface area contributed by atoms with E-state index in [1.807, 2.05) is 17.7 Å². The minimum absolute atomic E-state index is 0.0309. The van der Waals surface area contributed by atoms with E-state index < -0.39 is 6.04 Å².